The number of nitrogens with one attached hydrogen (secondary N) is 2. The zero-order chi connectivity index (χ0) is 19.7. The number of rotatable bonds is 14. The van der Waals surface area contributed by atoms with Gasteiger partial charge in [0.25, 0.3) is 0 Å². The molecule has 0 aromatic heterocycles. The van der Waals surface area contributed by atoms with Crippen molar-refractivity contribution in [3.05, 3.63) is 0 Å². The van der Waals surface area contributed by atoms with Crippen molar-refractivity contribution in [2.45, 2.75) is 46.1 Å². The van der Waals surface area contributed by atoms with Crippen LogP contribution in [0, 0.1) is 5.92 Å². The van der Waals surface area contributed by atoms with Crippen molar-refractivity contribution in [3.63, 3.8) is 0 Å². The first-order chi connectivity index (χ1) is 13.3. The molecular formula is C20H43IN4O3. The first-order valence-electron chi connectivity index (χ1n) is 10.7. The Kier molecular flexibility index (Phi) is 18.7. The van der Waals surface area contributed by atoms with Crippen LogP contribution in [0.4, 0.5) is 0 Å². The number of morpholine rings is 1. The molecule has 0 radical (unpaired) electrons. The van der Waals surface area contributed by atoms with Gasteiger partial charge in [-0.1, -0.05) is 26.7 Å². The van der Waals surface area contributed by atoms with Gasteiger partial charge in [0.1, 0.15) is 0 Å². The molecule has 0 aromatic rings. The summed E-state index contributed by atoms with van der Waals surface area (Å²) in [5.41, 5.74) is 0. The molecule has 1 unspecified atom stereocenters. The van der Waals surface area contributed by atoms with Gasteiger partial charge < -0.3 is 24.8 Å². The lowest BCUT2D eigenvalue weighted by Gasteiger charge is -2.38. The van der Waals surface area contributed by atoms with Crippen LogP contribution in [0.3, 0.4) is 0 Å². The largest absolute Gasteiger partial charge is 0.382 e. The second-order valence-electron chi connectivity index (χ2n) is 6.90. The highest BCUT2D eigenvalue weighted by Gasteiger charge is 2.26. The van der Waals surface area contributed by atoms with Crippen LogP contribution in [-0.2, 0) is 14.2 Å². The summed E-state index contributed by atoms with van der Waals surface area (Å²) in [4.78, 5) is 7.47. The van der Waals surface area contributed by atoms with Crippen molar-refractivity contribution in [2.75, 3.05) is 72.9 Å². The highest BCUT2D eigenvalue weighted by molar-refractivity contribution is 14.0. The summed E-state index contributed by atoms with van der Waals surface area (Å²) in [5, 5.41) is 6.79. The van der Waals surface area contributed by atoms with E-state index in [0.29, 0.717) is 25.2 Å². The van der Waals surface area contributed by atoms with Gasteiger partial charge in [-0.05, 0) is 19.3 Å². The van der Waals surface area contributed by atoms with Gasteiger partial charge in [-0.25, -0.2) is 0 Å². The molecule has 1 saturated heterocycles. The third-order valence-corrected chi connectivity index (χ3v) is 5.08. The lowest BCUT2D eigenvalue weighted by atomic mass is 9.92. The fourth-order valence-electron chi connectivity index (χ4n) is 3.46. The van der Waals surface area contributed by atoms with E-state index < -0.39 is 0 Å². The predicted molar refractivity (Wildman–Crippen MR) is 127 cm³/mol. The Morgan fingerprint density at radius 3 is 2.39 bits per heavy atom. The van der Waals surface area contributed by atoms with Crippen molar-refractivity contribution < 1.29 is 14.2 Å². The zero-order valence-electron chi connectivity index (χ0n) is 18.4. The summed E-state index contributed by atoms with van der Waals surface area (Å²) >= 11 is 0. The smallest absolute Gasteiger partial charge is 0.191 e. The molecule has 8 heteroatoms. The monoisotopic (exact) mass is 514 g/mol. The standard InChI is InChI=1S/C20H42N4O3.HI/c1-5-18(6-2)19(24-10-13-27-14-11-24)17-23-20(21-7-3)22-9-8-12-26-16-15-25-4;/h18-19H,5-17H2,1-4H3,(H2,21,22,23);1H. The molecule has 1 heterocycles. The van der Waals surface area contributed by atoms with Crippen molar-refractivity contribution in [2.24, 2.45) is 10.9 Å². The summed E-state index contributed by atoms with van der Waals surface area (Å²) in [6.45, 7) is 15.0. The number of hydrogen-bond donors (Lipinski definition) is 2. The molecule has 1 atom stereocenters. The van der Waals surface area contributed by atoms with Crippen LogP contribution in [0.15, 0.2) is 4.99 Å². The Labute approximate surface area is 189 Å². The average molecular weight is 514 g/mol. The summed E-state index contributed by atoms with van der Waals surface area (Å²) in [5.74, 6) is 1.57. The van der Waals surface area contributed by atoms with Crippen molar-refractivity contribution in [1.82, 2.24) is 15.5 Å². The Morgan fingerprint density at radius 1 is 1.07 bits per heavy atom. The van der Waals surface area contributed by atoms with E-state index in [0.717, 1.165) is 64.9 Å². The minimum atomic E-state index is 0. The number of methoxy groups -OCH3 is 1. The fourth-order valence-corrected chi connectivity index (χ4v) is 3.46. The molecule has 0 bridgehead atoms. The number of nitrogens with zero attached hydrogens (tertiary/aromatic N) is 2. The zero-order valence-corrected chi connectivity index (χ0v) is 20.7. The van der Waals surface area contributed by atoms with Gasteiger partial charge in [0, 0.05) is 45.9 Å². The molecular weight excluding hydrogens is 471 g/mol. The van der Waals surface area contributed by atoms with Gasteiger partial charge in [0.2, 0.25) is 0 Å². The maximum absolute atomic E-state index is 5.54. The average Bonchev–Trinajstić information content (AvgIpc) is 2.70. The number of aliphatic imine (C=N–C) groups is 1. The van der Waals surface area contributed by atoms with Gasteiger partial charge in [0.15, 0.2) is 5.96 Å². The van der Waals surface area contributed by atoms with E-state index in [1.807, 2.05) is 0 Å². The first kappa shape index (κ1) is 27.8. The Balaban J connectivity index is 0.00000729. The SMILES string of the molecule is CCNC(=NCC(C(CC)CC)N1CCOCC1)NCCCOCCOC.I. The van der Waals surface area contributed by atoms with Crippen LogP contribution in [0.25, 0.3) is 0 Å². The minimum Gasteiger partial charge on any atom is -0.382 e. The second kappa shape index (κ2) is 18.8. The number of halogens is 1. The highest BCUT2D eigenvalue weighted by atomic mass is 127. The predicted octanol–water partition coefficient (Wildman–Crippen LogP) is 2.35. The third kappa shape index (κ3) is 11.7. The maximum Gasteiger partial charge on any atom is 0.191 e. The number of ether oxygens (including phenoxy) is 3. The molecule has 1 aliphatic rings. The van der Waals surface area contributed by atoms with E-state index in [1.165, 1.54) is 12.8 Å². The van der Waals surface area contributed by atoms with E-state index in [1.54, 1.807) is 7.11 Å². The molecule has 0 spiro atoms. The fraction of sp³-hybridized carbons (Fsp3) is 0.950. The minimum absolute atomic E-state index is 0. The van der Waals surface area contributed by atoms with Gasteiger partial charge in [0.05, 0.1) is 33.0 Å². The van der Waals surface area contributed by atoms with Crippen LogP contribution in [0.1, 0.15) is 40.0 Å². The van der Waals surface area contributed by atoms with E-state index in [-0.39, 0.29) is 24.0 Å². The maximum atomic E-state index is 5.54. The number of hydrogen-bond acceptors (Lipinski definition) is 5. The summed E-state index contributed by atoms with van der Waals surface area (Å²) < 4.78 is 16.0. The topological polar surface area (TPSA) is 67.4 Å². The molecule has 168 valence electrons. The summed E-state index contributed by atoms with van der Waals surface area (Å²) in [6.07, 6.45) is 3.33. The van der Waals surface area contributed by atoms with E-state index in [4.69, 9.17) is 19.2 Å². The van der Waals surface area contributed by atoms with Crippen molar-refractivity contribution in [3.8, 4) is 0 Å². The first-order valence-corrected chi connectivity index (χ1v) is 10.7. The summed E-state index contributed by atoms with van der Waals surface area (Å²) in [6, 6.07) is 0.483. The quantitative estimate of drug-likeness (QED) is 0.161. The van der Waals surface area contributed by atoms with Crippen LogP contribution in [-0.4, -0.2) is 89.8 Å². The molecule has 28 heavy (non-hydrogen) atoms. The van der Waals surface area contributed by atoms with Crippen LogP contribution in [0.5, 0.6) is 0 Å². The van der Waals surface area contributed by atoms with E-state index in [2.05, 4.69) is 36.3 Å². The Morgan fingerprint density at radius 2 is 1.79 bits per heavy atom. The van der Waals surface area contributed by atoms with Gasteiger partial charge in [-0.3, -0.25) is 9.89 Å². The highest BCUT2D eigenvalue weighted by Crippen LogP contribution is 2.20. The molecule has 2 N–H and O–H groups in total. The molecule has 0 amide bonds. The Hall–Kier alpha value is -0.160. The molecule has 0 aliphatic carbocycles. The van der Waals surface area contributed by atoms with E-state index in [9.17, 15) is 0 Å². The Bertz CT molecular complexity index is 378. The molecule has 7 nitrogen and oxygen atoms in total. The third-order valence-electron chi connectivity index (χ3n) is 5.08. The number of guanidine groups is 1. The van der Waals surface area contributed by atoms with Gasteiger partial charge in [-0.2, -0.15) is 0 Å². The molecule has 0 saturated carbocycles. The second-order valence-corrected chi connectivity index (χ2v) is 6.90. The van der Waals surface area contributed by atoms with Crippen LogP contribution >= 0.6 is 24.0 Å². The molecule has 1 aliphatic heterocycles. The normalized spacial score (nSPS) is 16.7. The molecule has 0 aromatic carbocycles. The molecule has 1 fully saturated rings. The summed E-state index contributed by atoms with van der Waals surface area (Å²) in [7, 11) is 1.69. The van der Waals surface area contributed by atoms with Crippen molar-refractivity contribution >= 4 is 29.9 Å². The lowest BCUT2D eigenvalue weighted by Crippen LogP contribution is -2.49. The van der Waals surface area contributed by atoms with Crippen LogP contribution in [0.2, 0.25) is 0 Å². The van der Waals surface area contributed by atoms with Gasteiger partial charge >= 0.3 is 0 Å². The van der Waals surface area contributed by atoms with Crippen LogP contribution < -0.4 is 10.6 Å². The lowest BCUT2D eigenvalue weighted by molar-refractivity contribution is 0.00395. The van der Waals surface area contributed by atoms with E-state index >= 15 is 0 Å². The molecule has 1 rings (SSSR count). The van der Waals surface area contributed by atoms with Crippen molar-refractivity contribution in [1.29, 1.82) is 0 Å². The van der Waals surface area contributed by atoms with Gasteiger partial charge in [-0.15, -0.1) is 24.0 Å².